The first-order valence-corrected chi connectivity index (χ1v) is 10.5. The molecule has 0 aliphatic carbocycles. The number of carbonyl (C=O) groups is 6. The molecule has 12 nitrogen and oxygen atoms in total. The maximum absolute atomic E-state index is 12.2. The van der Waals surface area contributed by atoms with Crippen LogP contribution >= 0.6 is 0 Å². The maximum Gasteiger partial charge on any atom is 0.305 e. The van der Waals surface area contributed by atoms with E-state index >= 15 is 0 Å². The van der Waals surface area contributed by atoms with Gasteiger partial charge in [-0.3, -0.25) is 24.0 Å². The fourth-order valence-electron chi connectivity index (χ4n) is 2.19. The highest BCUT2D eigenvalue weighted by Crippen LogP contribution is 2.06. The van der Waals surface area contributed by atoms with Crippen molar-refractivity contribution in [2.45, 2.75) is 46.2 Å². The lowest BCUT2D eigenvalue weighted by Crippen LogP contribution is -2.53. The van der Waals surface area contributed by atoms with E-state index in [0.717, 1.165) is 24.6 Å². The molecule has 0 heterocycles. The molecule has 0 fully saturated rings. The number of carboxylic acids is 2. The number of carbonyl (C=O) groups excluding carboxylic acids is 4. The molecule has 1 unspecified atom stereocenters. The van der Waals surface area contributed by atoms with Gasteiger partial charge in [0.05, 0.1) is 25.6 Å². The van der Waals surface area contributed by atoms with Crippen molar-refractivity contribution in [3.63, 3.8) is 0 Å². The standard InChI is InChI=1S/C13H22N4O6.C7H6F2.C2H4O2/c1-7(2)11(13(23)15-3-4-18)17-9(19)6-16-12(22)8(14)5-10(20)21;1-5-2-3-6(8)7(9)4-5;1-2(3)4/h4,7-8,11H,3,5-6,14H2,1-2H3,(H,15,23)(H,16,22)(H,17,19)(H,20,21);2-4H,1H3;1H3,(H,3,4)/t8-,11?;;/m0../s1. The minimum atomic E-state index is -1.27. The minimum Gasteiger partial charge on any atom is -0.481 e. The van der Waals surface area contributed by atoms with Crippen molar-refractivity contribution in [2.75, 3.05) is 13.1 Å². The molecule has 1 aromatic carbocycles. The van der Waals surface area contributed by atoms with Gasteiger partial charge in [-0.05, 0) is 30.5 Å². The number of benzene rings is 1. The number of hydrogen-bond acceptors (Lipinski definition) is 7. The zero-order chi connectivity index (χ0) is 28.4. The molecule has 7 N–H and O–H groups in total. The Bertz CT molecular complexity index is 908. The SMILES string of the molecule is CC(=O)O.CC(C)C(NC(=O)CNC(=O)[C@@H](N)CC(=O)O)C(=O)NCC=O.Cc1ccc(F)c(F)c1. The summed E-state index contributed by atoms with van der Waals surface area (Å²) >= 11 is 0. The molecule has 3 amide bonds. The third-order valence-electron chi connectivity index (χ3n) is 3.85. The van der Waals surface area contributed by atoms with Gasteiger partial charge in [0.2, 0.25) is 17.7 Å². The number of nitrogens with two attached hydrogens (primary N) is 1. The van der Waals surface area contributed by atoms with Crippen molar-refractivity contribution in [1.29, 1.82) is 0 Å². The molecule has 0 aromatic heterocycles. The molecule has 2 atom stereocenters. The third-order valence-corrected chi connectivity index (χ3v) is 3.85. The number of hydrogen-bond donors (Lipinski definition) is 6. The highest BCUT2D eigenvalue weighted by atomic mass is 19.2. The minimum absolute atomic E-state index is 0.168. The largest absolute Gasteiger partial charge is 0.481 e. The van der Waals surface area contributed by atoms with Crippen molar-refractivity contribution in [2.24, 2.45) is 11.7 Å². The van der Waals surface area contributed by atoms with Gasteiger partial charge in [-0.25, -0.2) is 8.78 Å². The highest BCUT2D eigenvalue weighted by molar-refractivity contribution is 5.92. The average molecular weight is 519 g/mol. The first-order valence-electron chi connectivity index (χ1n) is 10.5. The third kappa shape index (κ3) is 17.5. The second-order valence-electron chi connectivity index (χ2n) is 7.56. The Morgan fingerprint density at radius 3 is 2.00 bits per heavy atom. The summed E-state index contributed by atoms with van der Waals surface area (Å²) in [6, 6.07) is 1.67. The molecule has 1 rings (SSSR count). The molecule has 202 valence electrons. The average Bonchev–Trinajstić information content (AvgIpc) is 2.76. The van der Waals surface area contributed by atoms with Crippen molar-refractivity contribution in [1.82, 2.24) is 16.0 Å². The van der Waals surface area contributed by atoms with Crippen LogP contribution in [-0.2, 0) is 28.8 Å². The maximum atomic E-state index is 12.2. The molecule has 0 bridgehead atoms. The van der Waals surface area contributed by atoms with Gasteiger partial charge in [-0.2, -0.15) is 0 Å². The number of halogens is 2. The Kier molecular flexibility index (Phi) is 17.5. The molecule has 0 aliphatic rings. The van der Waals surface area contributed by atoms with E-state index in [1.807, 2.05) is 0 Å². The topological polar surface area (TPSA) is 205 Å². The van der Waals surface area contributed by atoms with Gasteiger partial charge in [0.1, 0.15) is 12.3 Å². The van der Waals surface area contributed by atoms with E-state index in [0.29, 0.717) is 6.29 Å². The van der Waals surface area contributed by atoms with Crippen LogP contribution in [0.4, 0.5) is 8.78 Å². The van der Waals surface area contributed by atoms with Crippen LogP contribution in [0.3, 0.4) is 0 Å². The summed E-state index contributed by atoms with van der Waals surface area (Å²) in [4.78, 5) is 64.7. The predicted molar refractivity (Wildman–Crippen MR) is 123 cm³/mol. The molecule has 0 aliphatic heterocycles. The Balaban J connectivity index is 0. The monoisotopic (exact) mass is 518 g/mol. The van der Waals surface area contributed by atoms with E-state index in [-0.39, 0.29) is 12.5 Å². The van der Waals surface area contributed by atoms with E-state index < -0.39 is 66.3 Å². The van der Waals surface area contributed by atoms with Crippen LogP contribution in [0.5, 0.6) is 0 Å². The lowest BCUT2D eigenvalue weighted by molar-refractivity contribution is -0.139. The van der Waals surface area contributed by atoms with E-state index in [4.69, 9.17) is 20.7 Å². The number of nitrogens with one attached hydrogen (secondary N) is 3. The molecular weight excluding hydrogens is 486 g/mol. The normalized spacial score (nSPS) is 11.3. The second-order valence-corrected chi connectivity index (χ2v) is 7.56. The smallest absolute Gasteiger partial charge is 0.305 e. The zero-order valence-corrected chi connectivity index (χ0v) is 20.3. The Morgan fingerprint density at radius 1 is 1.03 bits per heavy atom. The molecule has 0 spiro atoms. The lowest BCUT2D eigenvalue weighted by atomic mass is 10.0. The molecule has 36 heavy (non-hydrogen) atoms. The van der Waals surface area contributed by atoms with Gasteiger partial charge >= 0.3 is 5.97 Å². The highest BCUT2D eigenvalue weighted by Gasteiger charge is 2.24. The number of aliphatic carboxylic acids is 2. The van der Waals surface area contributed by atoms with Gasteiger partial charge in [0.25, 0.3) is 5.97 Å². The number of rotatable bonds is 10. The van der Waals surface area contributed by atoms with Crippen LogP contribution in [-0.4, -0.2) is 71.3 Å². The van der Waals surface area contributed by atoms with Crippen LogP contribution in [0.15, 0.2) is 18.2 Å². The summed E-state index contributed by atoms with van der Waals surface area (Å²) in [5.41, 5.74) is 6.07. The molecule has 0 saturated carbocycles. The number of amides is 3. The van der Waals surface area contributed by atoms with E-state index in [1.165, 1.54) is 6.07 Å². The molecule has 1 aromatic rings. The Hall–Kier alpha value is -3.94. The number of carboxylic acid groups (broad SMARTS) is 2. The first kappa shape index (κ1) is 34.2. The van der Waals surface area contributed by atoms with Crippen molar-refractivity contribution in [3.8, 4) is 0 Å². The summed E-state index contributed by atoms with van der Waals surface area (Å²) in [6.45, 7) is 5.58. The fraction of sp³-hybridized carbons (Fsp3) is 0.455. The van der Waals surface area contributed by atoms with E-state index in [1.54, 1.807) is 20.8 Å². The van der Waals surface area contributed by atoms with Crippen LogP contribution in [0.2, 0.25) is 0 Å². The van der Waals surface area contributed by atoms with Crippen LogP contribution in [0.25, 0.3) is 0 Å². The second kappa shape index (κ2) is 18.4. The lowest BCUT2D eigenvalue weighted by Gasteiger charge is -2.21. The quantitative estimate of drug-likeness (QED) is 0.225. The van der Waals surface area contributed by atoms with Crippen molar-refractivity contribution >= 4 is 35.9 Å². The van der Waals surface area contributed by atoms with Gasteiger partial charge in [0.15, 0.2) is 11.6 Å². The molecular formula is C22H32F2N4O8. The van der Waals surface area contributed by atoms with Crippen molar-refractivity contribution < 1.29 is 47.8 Å². The summed E-state index contributed by atoms with van der Waals surface area (Å²) in [6.07, 6.45) is -0.0443. The molecule has 0 radical (unpaired) electrons. The Labute approximate surface area is 206 Å². The summed E-state index contributed by atoms with van der Waals surface area (Å²) in [5, 5.41) is 22.9. The fourth-order valence-corrected chi connectivity index (χ4v) is 2.19. The Morgan fingerprint density at radius 2 is 1.58 bits per heavy atom. The molecule has 14 heteroatoms. The summed E-state index contributed by atoms with van der Waals surface area (Å²) in [5.74, 6) is -5.82. The van der Waals surface area contributed by atoms with Crippen molar-refractivity contribution in [3.05, 3.63) is 35.4 Å². The van der Waals surface area contributed by atoms with Gasteiger partial charge in [-0.15, -0.1) is 0 Å². The summed E-state index contributed by atoms with van der Waals surface area (Å²) < 4.78 is 24.3. The van der Waals surface area contributed by atoms with E-state index in [2.05, 4.69) is 16.0 Å². The number of aldehydes is 1. The number of aryl methyl sites for hydroxylation is 1. The van der Waals surface area contributed by atoms with Crippen LogP contribution in [0.1, 0.15) is 32.8 Å². The van der Waals surface area contributed by atoms with Crippen LogP contribution in [0, 0.1) is 24.5 Å². The first-order chi connectivity index (χ1) is 16.6. The summed E-state index contributed by atoms with van der Waals surface area (Å²) in [7, 11) is 0. The molecule has 0 saturated heterocycles. The zero-order valence-electron chi connectivity index (χ0n) is 20.3. The predicted octanol–water partition coefficient (Wildman–Crippen LogP) is -0.275. The van der Waals surface area contributed by atoms with Gasteiger partial charge in [0, 0.05) is 6.92 Å². The van der Waals surface area contributed by atoms with E-state index in [9.17, 15) is 32.8 Å². The van der Waals surface area contributed by atoms with Gasteiger partial charge in [-0.1, -0.05) is 19.9 Å². The van der Waals surface area contributed by atoms with Crippen LogP contribution < -0.4 is 21.7 Å². The van der Waals surface area contributed by atoms with Gasteiger partial charge < -0.3 is 36.7 Å².